The highest BCUT2D eigenvalue weighted by Gasteiger charge is 2.04. The molecule has 0 aliphatic heterocycles. The van der Waals surface area contributed by atoms with Crippen molar-refractivity contribution < 1.29 is 9.53 Å². The van der Waals surface area contributed by atoms with Gasteiger partial charge in [0.05, 0.1) is 12.8 Å². The van der Waals surface area contributed by atoms with Gasteiger partial charge in [0.25, 0.3) is 0 Å². The number of hydrogen-bond acceptors (Lipinski definition) is 3. The molecule has 4 nitrogen and oxygen atoms in total. The van der Waals surface area contributed by atoms with Crippen LogP contribution in [0.25, 0.3) is 0 Å². The van der Waals surface area contributed by atoms with E-state index in [0.717, 1.165) is 5.75 Å². The van der Waals surface area contributed by atoms with Crippen molar-refractivity contribution in [2.75, 3.05) is 17.7 Å². The number of carbonyl (C=O) groups is 1. The molecule has 0 atom stereocenters. The molecule has 0 bridgehead atoms. The summed E-state index contributed by atoms with van der Waals surface area (Å²) < 4.78 is 5.05. The van der Waals surface area contributed by atoms with Gasteiger partial charge in [-0.3, -0.25) is 0 Å². The first-order chi connectivity index (χ1) is 9.19. The first kappa shape index (κ1) is 13.3. The van der Waals surface area contributed by atoms with Crippen LogP contribution < -0.4 is 15.4 Å². The van der Waals surface area contributed by atoms with Gasteiger partial charge in [-0.2, -0.15) is 0 Å². The largest absolute Gasteiger partial charge is 0.497 e. The van der Waals surface area contributed by atoms with Gasteiger partial charge < -0.3 is 15.4 Å². The summed E-state index contributed by atoms with van der Waals surface area (Å²) in [5.74, 6) is 0.742. The van der Waals surface area contributed by atoms with Crippen LogP contribution in [0.5, 0.6) is 5.75 Å². The summed E-state index contributed by atoms with van der Waals surface area (Å²) in [6, 6.07) is 14.1. The van der Waals surface area contributed by atoms with Crippen molar-refractivity contribution in [1.29, 1.82) is 0 Å². The van der Waals surface area contributed by atoms with Crippen LogP contribution in [0.15, 0.2) is 53.4 Å². The molecule has 0 fully saturated rings. The van der Waals surface area contributed by atoms with Gasteiger partial charge in [0.15, 0.2) is 0 Å². The Balaban J connectivity index is 1.99. The molecule has 2 rings (SSSR count). The number of para-hydroxylation sites is 1. The fraction of sp³-hybridized carbons (Fsp3) is 0.0714. The number of amides is 2. The van der Waals surface area contributed by atoms with Crippen LogP contribution in [0.2, 0.25) is 0 Å². The molecule has 0 aliphatic rings. The van der Waals surface area contributed by atoms with E-state index >= 15 is 0 Å². The number of nitrogens with one attached hydrogen (secondary N) is 2. The lowest BCUT2D eigenvalue weighted by Gasteiger charge is -2.09. The van der Waals surface area contributed by atoms with Gasteiger partial charge >= 0.3 is 6.03 Å². The number of anilines is 2. The number of thiol groups is 1. The maximum Gasteiger partial charge on any atom is 0.323 e. The number of urea groups is 1. The maximum absolute atomic E-state index is 11.8. The Kier molecular flexibility index (Phi) is 4.30. The van der Waals surface area contributed by atoms with Crippen LogP contribution >= 0.6 is 12.6 Å². The number of methoxy groups -OCH3 is 1. The van der Waals surface area contributed by atoms with Crippen molar-refractivity contribution in [2.45, 2.75) is 4.90 Å². The van der Waals surface area contributed by atoms with Gasteiger partial charge in [-0.25, -0.2) is 4.79 Å². The molecule has 2 aromatic rings. The minimum atomic E-state index is -0.313. The highest BCUT2D eigenvalue weighted by atomic mass is 32.1. The molecule has 2 aromatic carbocycles. The third kappa shape index (κ3) is 3.66. The minimum Gasteiger partial charge on any atom is -0.497 e. The highest BCUT2D eigenvalue weighted by molar-refractivity contribution is 7.80. The van der Waals surface area contributed by atoms with Crippen molar-refractivity contribution in [3.63, 3.8) is 0 Å². The third-order valence-corrected chi connectivity index (χ3v) is 2.89. The number of hydrogen-bond donors (Lipinski definition) is 3. The van der Waals surface area contributed by atoms with Crippen LogP contribution in [-0.2, 0) is 0 Å². The molecule has 0 spiro atoms. The van der Waals surface area contributed by atoms with Gasteiger partial charge in [-0.1, -0.05) is 12.1 Å². The number of carbonyl (C=O) groups excluding carboxylic acids is 1. The van der Waals surface area contributed by atoms with E-state index in [1.54, 1.807) is 37.4 Å². The lowest BCUT2D eigenvalue weighted by Crippen LogP contribution is -2.19. The van der Waals surface area contributed by atoms with Crippen LogP contribution in [0, 0.1) is 0 Å². The summed E-state index contributed by atoms with van der Waals surface area (Å²) in [5, 5.41) is 5.46. The fourth-order valence-electron chi connectivity index (χ4n) is 1.54. The van der Waals surface area contributed by atoms with Crippen LogP contribution in [0.3, 0.4) is 0 Å². The second-order valence-corrected chi connectivity index (χ2v) is 4.31. The molecule has 2 amide bonds. The lowest BCUT2D eigenvalue weighted by atomic mass is 10.3. The Morgan fingerprint density at radius 3 is 2.37 bits per heavy atom. The van der Waals surface area contributed by atoms with E-state index in [2.05, 4.69) is 23.3 Å². The van der Waals surface area contributed by atoms with E-state index in [1.807, 2.05) is 18.2 Å². The van der Waals surface area contributed by atoms with Crippen molar-refractivity contribution in [3.05, 3.63) is 48.5 Å². The molecule has 0 aliphatic carbocycles. The van der Waals surface area contributed by atoms with E-state index in [1.165, 1.54) is 0 Å². The summed E-state index contributed by atoms with van der Waals surface area (Å²) in [6.07, 6.45) is 0. The smallest absolute Gasteiger partial charge is 0.323 e. The molecule has 2 N–H and O–H groups in total. The van der Waals surface area contributed by atoms with Crippen molar-refractivity contribution in [1.82, 2.24) is 0 Å². The van der Waals surface area contributed by atoms with Crippen LogP contribution in [0.4, 0.5) is 16.2 Å². The van der Waals surface area contributed by atoms with E-state index in [4.69, 9.17) is 4.74 Å². The SMILES string of the molecule is COc1ccc(NC(=O)Nc2ccccc2S)cc1. The summed E-state index contributed by atoms with van der Waals surface area (Å²) in [4.78, 5) is 12.5. The Labute approximate surface area is 117 Å². The first-order valence-electron chi connectivity index (χ1n) is 5.69. The average molecular weight is 274 g/mol. The molecule has 5 heteroatoms. The molecule has 0 aromatic heterocycles. The average Bonchev–Trinajstić information content (AvgIpc) is 2.42. The molecular weight excluding hydrogens is 260 g/mol. The highest BCUT2D eigenvalue weighted by Crippen LogP contribution is 2.19. The summed E-state index contributed by atoms with van der Waals surface area (Å²) in [7, 11) is 1.60. The van der Waals surface area contributed by atoms with Gasteiger partial charge in [0.1, 0.15) is 5.75 Å². The quantitative estimate of drug-likeness (QED) is 0.749. The zero-order chi connectivity index (χ0) is 13.7. The second kappa shape index (κ2) is 6.15. The van der Waals surface area contributed by atoms with Gasteiger partial charge in [0.2, 0.25) is 0 Å². The third-order valence-electron chi connectivity index (χ3n) is 2.50. The van der Waals surface area contributed by atoms with Crippen molar-refractivity contribution in [2.24, 2.45) is 0 Å². The molecule has 98 valence electrons. The Morgan fingerprint density at radius 2 is 1.74 bits per heavy atom. The normalized spacial score (nSPS) is 9.79. The first-order valence-corrected chi connectivity index (χ1v) is 6.14. The number of ether oxygens (including phenoxy) is 1. The van der Waals surface area contributed by atoms with E-state index in [0.29, 0.717) is 16.3 Å². The molecule has 0 saturated heterocycles. The predicted octanol–water partition coefficient (Wildman–Crippen LogP) is 3.63. The van der Waals surface area contributed by atoms with Crippen molar-refractivity contribution in [3.8, 4) is 5.75 Å². The molecule has 19 heavy (non-hydrogen) atoms. The Hall–Kier alpha value is -2.14. The molecule has 0 unspecified atom stereocenters. The zero-order valence-electron chi connectivity index (χ0n) is 10.4. The second-order valence-electron chi connectivity index (χ2n) is 3.82. The van der Waals surface area contributed by atoms with E-state index < -0.39 is 0 Å². The fourth-order valence-corrected chi connectivity index (χ4v) is 1.75. The molecule has 0 radical (unpaired) electrons. The summed E-state index contributed by atoms with van der Waals surface area (Å²) in [6.45, 7) is 0. The zero-order valence-corrected chi connectivity index (χ0v) is 11.3. The van der Waals surface area contributed by atoms with E-state index in [-0.39, 0.29) is 6.03 Å². The maximum atomic E-state index is 11.8. The summed E-state index contributed by atoms with van der Waals surface area (Å²) in [5.41, 5.74) is 1.35. The summed E-state index contributed by atoms with van der Waals surface area (Å²) >= 11 is 4.27. The molecule has 0 heterocycles. The van der Waals surface area contributed by atoms with Gasteiger partial charge in [-0.05, 0) is 36.4 Å². The monoisotopic (exact) mass is 274 g/mol. The van der Waals surface area contributed by atoms with Gasteiger partial charge in [-0.15, -0.1) is 12.6 Å². The predicted molar refractivity (Wildman–Crippen MR) is 79.3 cm³/mol. The Bertz CT molecular complexity index is 570. The standard InChI is InChI=1S/C14H14N2O2S/c1-18-11-8-6-10(7-9-11)15-14(17)16-12-4-2-3-5-13(12)19/h2-9,19H,1H3,(H2,15,16,17). The lowest BCUT2D eigenvalue weighted by molar-refractivity contribution is 0.262. The number of benzene rings is 2. The van der Waals surface area contributed by atoms with Gasteiger partial charge in [0, 0.05) is 10.6 Å². The number of rotatable bonds is 3. The topological polar surface area (TPSA) is 50.4 Å². The Morgan fingerprint density at radius 1 is 1.05 bits per heavy atom. The van der Waals surface area contributed by atoms with Crippen molar-refractivity contribution >= 4 is 30.0 Å². The van der Waals surface area contributed by atoms with Crippen LogP contribution in [0.1, 0.15) is 0 Å². The van der Waals surface area contributed by atoms with Crippen LogP contribution in [-0.4, -0.2) is 13.1 Å². The molecule has 0 saturated carbocycles. The minimum absolute atomic E-state index is 0.313. The molecular formula is C14H14N2O2S. The van der Waals surface area contributed by atoms with E-state index in [9.17, 15) is 4.79 Å².